The van der Waals surface area contributed by atoms with Crippen LogP contribution >= 0.6 is 11.6 Å². The first kappa shape index (κ1) is 15.7. The van der Waals surface area contributed by atoms with Crippen molar-refractivity contribution in [2.24, 2.45) is 0 Å². The van der Waals surface area contributed by atoms with Crippen LogP contribution in [0.5, 0.6) is 5.75 Å². The molecule has 3 heteroatoms. The Kier molecular flexibility index (Phi) is 5.13. The minimum atomic E-state index is 0.0746. The number of anilines is 1. The minimum Gasteiger partial charge on any atom is -0.489 e. The van der Waals surface area contributed by atoms with Crippen LogP contribution in [0.2, 0.25) is 5.02 Å². The lowest BCUT2D eigenvalue weighted by molar-refractivity contribution is 0.233. The van der Waals surface area contributed by atoms with E-state index < -0.39 is 0 Å². The van der Waals surface area contributed by atoms with Gasteiger partial charge in [-0.25, -0.2) is 0 Å². The number of aryl methyl sites for hydroxylation is 3. The molecule has 0 aromatic heterocycles. The Morgan fingerprint density at radius 1 is 1.05 bits per heavy atom. The molecule has 0 saturated heterocycles. The predicted molar refractivity (Wildman–Crippen MR) is 90.7 cm³/mol. The molecule has 0 spiro atoms. The molecule has 112 valence electrons. The molecule has 0 aliphatic heterocycles. The maximum atomic E-state index is 6.13. The fourth-order valence-electron chi connectivity index (χ4n) is 2.06. The summed E-state index contributed by atoms with van der Waals surface area (Å²) in [5.74, 6) is 0.950. The second kappa shape index (κ2) is 6.86. The van der Waals surface area contributed by atoms with Crippen molar-refractivity contribution >= 4 is 17.3 Å². The molecule has 0 aliphatic rings. The number of nitrogens with one attached hydrogen (secondary N) is 1. The number of hydrogen-bond donors (Lipinski definition) is 1. The highest BCUT2D eigenvalue weighted by Gasteiger charge is 2.07. The van der Waals surface area contributed by atoms with E-state index >= 15 is 0 Å². The third-order valence-electron chi connectivity index (χ3n) is 3.44. The van der Waals surface area contributed by atoms with Crippen LogP contribution in [0, 0.1) is 20.8 Å². The van der Waals surface area contributed by atoms with Gasteiger partial charge in [0, 0.05) is 10.7 Å². The summed E-state index contributed by atoms with van der Waals surface area (Å²) in [6.45, 7) is 8.92. The molecule has 0 unspecified atom stereocenters. The van der Waals surface area contributed by atoms with E-state index in [1.165, 1.54) is 5.56 Å². The monoisotopic (exact) mass is 303 g/mol. The number of hydrogen-bond acceptors (Lipinski definition) is 2. The summed E-state index contributed by atoms with van der Waals surface area (Å²) in [5.41, 5.74) is 4.47. The lowest BCUT2D eigenvalue weighted by Gasteiger charge is -2.18. The zero-order chi connectivity index (χ0) is 15.4. The zero-order valence-corrected chi connectivity index (χ0v) is 13.8. The second-order valence-electron chi connectivity index (χ2n) is 5.54. The first-order valence-corrected chi connectivity index (χ1v) is 7.57. The maximum absolute atomic E-state index is 6.13. The Morgan fingerprint density at radius 3 is 2.48 bits per heavy atom. The molecular formula is C18H22ClNO. The molecule has 0 bridgehead atoms. The summed E-state index contributed by atoms with van der Waals surface area (Å²) in [6, 6.07) is 12.3. The lowest BCUT2D eigenvalue weighted by Crippen LogP contribution is -2.23. The average molecular weight is 304 g/mol. The third kappa shape index (κ3) is 4.40. The molecule has 2 nitrogen and oxygen atoms in total. The largest absolute Gasteiger partial charge is 0.489 e. The molecule has 0 saturated carbocycles. The van der Waals surface area contributed by atoms with E-state index in [4.69, 9.17) is 16.3 Å². The van der Waals surface area contributed by atoms with Crippen LogP contribution in [-0.4, -0.2) is 12.6 Å². The summed E-state index contributed by atoms with van der Waals surface area (Å²) in [6.07, 6.45) is 0.0746. The van der Waals surface area contributed by atoms with Gasteiger partial charge in [0.1, 0.15) is 11.9 Å². The number of benzene rings is 2. The van der Waals surface area contributed by atoms with Gasteiger partial charge in [0.15, 0.2) is 0 Å². The highest BCUT2D eigenvalue weighted by Crippen LogP contribution is 2.22. The van der Waals surface area contributed by atoms with E-state index in [0.29, 0.717) is 0 Å². The SMILES string of the molecule is Cc1ccc(C)c(O[C@H](C)CNc2ccc(C)c(Cl)c2)c1. The number of halogens is 1. The Bertz CT molecular complexity index is 625. The summed E-state index contributed by atoms with van der Waals surface area (Å²) in [5, 5.41) is 4.14. The van der Waals surface area contributed by atoms with Gasteiger partial charge in [-0.05, 0) is 62.6 Å². The van der Waals surface area contributed by atoms with Gasteiger partial charge >= 0.3 is 0 Å². The predicted octanol–water partition coefficient (Wildman–Crippen LogP) is 5.14. The van der Waals surface area contributed by atoms with Crippen LogP contribution in [0.15, 0.2) is 36.4 Å². The fourth-order valence-corrected chi connectivity index (χ4v) is 2.24. The molecule has 0 heterocycles. The van der Waals surface area contributed by atoms with Crippen molar-refractivity contribution < 1.29 is 4.74 Å². The van der Waals surface area contributed by atoms with E-state index in [-0.39, 0.29) is 6.10 Å². The number of ether oxygens (including phenoxy) is 1. The van der Waals surface area contributed by atoms with Crippen LogP contribution in [0.4, 0.5) is 5.69 Å². The van der Waals surface area contributed by atoms with Gasteiger partial charge in [0.2, 0.25) is 0 Å². The normalized spacial score (nSPS) is 12.0. The van der Waals surface area contributed by atoms with Gasteiger partial charge in [-0.2, -0.15) is 0 Å². The Balaban J connectivity index is 1.94. The Hall–Kier alpha value is -1.67. The van der Waals surface area contributed by atoms with Gasteiger partial charge in [0.25, 0.3) is 0 Å². The highest BCUT2D eigenvalue weighted by molar-refractivity contribution is 6.31. The Labute approximate surface area is 132 Å². The van der Waals surface area contributed by atoms with E-state index in [2.05, 4.69) is 44.3 Å². The topological polar surface area (TPSA) is 21.3 Å². The molecule has 0 amide bonds. The van der Waals surface area contributed by atoms with Crippen molar-refractivity contribution in [3.05, 3.63) is 58.1 Å². The molecule has 0 aliphatic carbocycles. The first-order valence-electron chi connectivity index (χ1n) is 7.19. The smallest absolute Gasteiger partial charge is 0.122 e. The molecule has 2 rings (SSSR count). The zero-order valence-electron chi connectivity index (χ0n) is 13.0. The average Bonchev–Trinajstić information content (AvgIpc) is 2.44. The first-order chi connectivity index (χ1) is 9.95. The quantitative estimate of drug-likeness (QED) is 0.825. The lowest BCUT2D eigenvalue weighted by atomic mass is 10.1. The van der Waals surface area contributed by atoms with Crippen LogP contribution in [-0.2, 0) is 0 Å². The molecule has 0 radical (unpaired) electrons. The maximum Gasteiger partial charge on any atom is 0.122 e. The van der Waals surface area contributed by atoms with E-state index in [0.717, 1.165) is 34.1 Å². The Morgan fingerprint density at radius 2 is 1.76 bits per heavy atom. The van der Waals surface area contributed by atoms with Crippen LogP contribution in [0.1, 0.15) is 23.6 Å². The molecule has 0 fully saturated rings. The van der Waals surface area contributed by atoms with Crippen molar-refractivity contribution in [3.8, 4) is 5.75 Å². The third-order valence-corrected chi connectivity index (χ3v) is 3.84. The molecule has 1 atom stereocenters. The van der Waals surface area contributed by atoms with Crippen molar-refractivity contribution in [1.82, 2.24) is 0 Å². The van der Waals surface area contributed by atoms with Crippen molar-refractivity contribution in [2.75, 3.05) is 11.9 Å². The summed E-state index contributed by atoms with van der Waals surface area (Å²) in [4.78, 5) is 0. The molecule has 1 N–H and O–H groups in total. The molecule has 2 aromatic carbocycles. The minimum absolute atomic E-state index is 0.0746. The van der Waals surface area contributed by atoms with Crippen molar-refractivity contribution in [1.29, 1.82) is 0 Å². The molecule has 2 aromatic rings. The van der Waals surface area contributed by atoms with Crippen molar-refractivity contribution in [2.45, 2.75) is 33.8 Å². The standard InChI is InChI=1S/C18H22ClNO/c1-12-5-6-14(3)18(9-12)21-15(4)11-20-16-8-7-13(2)17(19)10-16/h5-10,15,20H,11H2,1-4H3/t15-/m1/s1. The highest BCUT2D eigenvalue weighted by atomic mass is 35.5. The van der Waals surface area contributed by atoms with Crippen LogP contribution in [0.25, 0.3) is 0 Å². The summed E-state index contributed by atoms with van der Waals surface area (Å²) < 4.78 is 6.01. The van der Waals surface area contributed by atoms with Gasteiger partial charge in [-0.1, -0.05) is 29.8 Å². The second-order valence-corrected chi connectivity index (χ2v) is 5.95. The molecule has 21 heavy (non-hydrogen) atoms. The van der Waals surface area contributed by atoms with Gasteiger partial charge < -0.3 is 10.1 Å². The van der Waals surface area contributed by atoms with Gasteiger partial charge in [-0.3, -0.25) is 0 Å². The summed E-state index contributed by atoms with van der Waals surface area (Å²) in [7, 11) is 0. The van der Waals surface area contributed by atoms with Gasteiger partial charge in [0.05, 0.1) is 6.54 Å². The van der Waals surface area contributed by atoms with Crippen LogP contribution < -0.4 is 10.1 Å². The van der Waals surface area contributed by atoms with E-state index in [9.17, 15) is 0 Å². The summed E-state index contributed by atoms with van der Waals surface area (Å²) >= 11 is 6.13. The van der Waals surface area contributed by atoms with Gasteiger partial charge in [-0.15, -0.1) is 0 Å². The van der Waals surface area contributed by atoms with E-state index in [1.54, 1.807) is 0 Å². The van der Waals surface area contributed by atoms with Crippen molar-refractivity contribution in [3.63, 3.8) is 0 Å². The number of rotatable bonds is 5. The molecular weight excluding hydrogens is 282 g/mol. The fraction of sp³-hybridized carbons (Fsp3) is 0.333. The van der Waals surface area contributed by atoms with E-state index in [1.807, 2.05) is 25.1 Å². The van der Waals surface area contributed by atoms with Crippen LogP contribution in [0.3, 0.4) is 0 Å².